The lowest BCUT2D eigenvalue weighted by atomic mass is 9.76. The third-order valence-electron chi connectivity index (χ3n) is 6.82. The van der Waals surface area contributed by atoms with E-state index in [9.17, 15) is 19.2 Å². The summed E-state index contributed by atoms with van der Waals surface area (Å²) >= 11 is 0. The predicted molar refractivity (Wildman–Crippen MR) is 152 cm³/mol. The molecule has 0 amide bonds. The number of carbonyl (C=O) groups is 4. The molecule has 0 N–H and O–H groups in total. The van der Waals surface area contributed by atoms with Crippen molar-refractivity contribution in [3.63, 3.8) is 0 Å². The van der Waals surface area contributed by atoms with Gasteiger partial charge in [0.15, 0.2) is 23.1 Å². The van der Waals surface area contributed by atoms with Gasteiger partial charge in [0, 0.05) is 22.3 Å². The number of aryl methyl sites for hydroxylation is 1. The van der Waals surface area contributed by atoms with Crippen LogP contribution in [0.4, 0.5) is 9.59 Å². The molecular formula is C34H22O8. The maximum Gasteiger partial charge on any atom is 0.519 e. The molecule has 0 radical (unpaired) electrons. The topological polar surface area (TPSA) is 105 Å². The molecular weight excluding hydrogens is 536 g/mol. The number of hydrogen-bond acceptors (Lipinski definition) is 8. The third kappa shape index (κ3) is 4.86. The number of rotatable bonds is 5. The quantitative estimate of drug-likeness (QED) is 0.187. The summed E-state index contributed by atoms with van der Waals surface area (Å²) in [5.41, 5.74) is 1.20. The van der Waals surface area contributed by atoms with E-state index in [4.69, 9.17) is 18.9 Å². The number of ether oxygens (including phenoxy) is 4. The zero-order valence-electron chi connectivity index (χ0n) is 22.3. The number of carbonyl (C=O) groups excluding carboxylic acids is 4. The first kappa shape index (κ1) is 26.5. The minimum absolute atomic E-state index is 0.152. The molecule has 0 aromatic heterocycles. The lowest BCUT2D eigenvalue weighted by Crippen LogP contribution is -2.29. The van der Waals surface area contributed by atoms with E-state index in [2.05, 4.69) is 0 Å². The molecule has 2 aliphatic rings. The number of hydrogen-bond donors (Lipinski definition) is 0. The van der Waals surface area contributed by atoms with Gasteiger partial charge in [0.05, 0.1) is 11.1 Å². The molecule has 42 heavy (non-hydrogen) atoms. The largest absolute Gasteiger partial charge is 0.519 e. The van der Waals surface area contributed by atoms with E-state index in [-0.39, 0.29) is 56.4 Å². The smallest absolute Gasteiger partial charge is 0.395 e. The molecule has 6 rings (SSSR count). The highest BCUT2D eigenvalue weighted by atomic mass is 16.7. The molecule has 206 valence electrons. The second-order valence-corrected chi connectivity index (χ2v) is 9.38. The van der Waals surface area contributed by atoms with Gasteiger partial charge in [0.25, 0.3) is 0 Å². The lowest BCUT2D eigenvalue weighted by Gasteiger charge is -2.29. The first-order chi connectivity index (χ1) is 20.4. The summed E-state index contributed by atoms with van der Waals surface area (Å²) in [5.74, 6) is -1.05. The summed E-state index contributed by atoms with van der Waals surface area (Å²) < 4.78 is 22.0. The minimum Gasteiger partial charge on any atom is -0.395 e. The molecule has 0 fully saturated rings. The first-order valence-corrected chi connectivity index (χ1v) is 13.1. The van der Waals surface area contributed by atoms with Crippen LogP contribution in [0.1, 0.15) is 44.3 Å². The van der Waals surface area contributed by atoms with E-state index in [0.29, 0.717) is 6.42 Å². The van der Waals surface area contributed by atoms with E-state index >= 15 is 0 Å². The van der Waals surface area contributed by atoms with E-state index in [1.165, 1.54) is 6.07 Å². The first-order valence-electron chi connectivity index (χ1n) is 13.1. The molecule has 0 bridgehead atoms. The minimum atomic E-state index is -1.11. The standard InChI is InChI=1S/C34H22O8/c1-2-20-17-18-24-26(19-20)32(42-34(38)40-22-13-7-4-8-14-22)28-27(30(24)36)31(25-16-10-9-15-23(25)29(28)35)41-33(37)39-21-11-5-3-6-12-21/h3-19H,2H2,1H3. The van der Waals surface area contributed by atoms with Gasteiger partial charge in [0.2, 0.25) is 0 Å². The Morgan fingerprint density at radius 1 is 0.524 bits per heavy atom. The molecule has 4 aromatic carbocycles. The number of ketones is 2. The molecule has 0 saturated carbocycles. The summed E-state index contributed by atoms with van der Waals surface area (Å²) in [6.45, 7) is 1.93. The van der Waals surface area contributed by atoms with Gasteiger partial charge in [-0.2, -0.15) is 0 Å². The Labute approximate surface area is 240 Å². The molecule has 0 unspecified atom stereocenters. The van der Waals surface area contributed by atoms with Gasteiger partial charge in [-0.3, -0.25) is 9.59 Å². The van der Waals surface area contributed by atoms with Crippen LogP contribution in [-0.2, 0) is 15.9 Å². The molecule has 8 heteroatoms. The zero-order valence-corrected chi connectivity index (χ0v) is 22.3. The van der Waals surface area contributed by atoms with Crippen molar-refractivity contribution in [2.24, 2.45) is 0 Å². The van der Waals surface area contributed by atoms with Gasteiger partial charge >= 0.3 is 12.3 Å². The fraction of sp³-hybridized carbons (Fsp3) is 0.0588. The van der Waals surface area contributed by atoms with Gasteiger partial charge in [-0.15, -0.1) is 0 Å². The summed E-state index contributed by atoms with van der Waals surface area (Å²) in [4.78, 5) is 54.0. The van der Waals surface area contributed by atoms with Crippen LogP contribution >= 0.6 is 0 Å². The Bertz CT molecular complexity index is 1820. The Morgan fingerprint density at radius 2 is 0.976 bits per heavy atom. The van der Waals surface area contributed by atoms with Gasteiger partial charge in [-0.05, 0) is 42.3 Å². The SMILES string of the molecule is CCc1ccc2c(c1)C(OC(=O)Oc1ccccc1)=C1C(=O)c3ccccc3C(OC(=O)Oc3ccccc3)=C1C2=O. The van der Waals surface area contributed by atoms with Crippen LogP contribution < -0.4 is 9.47 Å². The van der Waals surface area contributed by atoms with Crippen LogP contribution in [0.5, 0.6) is 11.5 Å². The van der Waals surface area contributed by atoms with Crippen molar-refractivity contribution >= 4 is 35.4 Å². The molecule has 4 aromatic rings. The van der Waals surface area contributed by atoms with Gasteiger partial charge in [-0.1, -0.05) is 79.7 Å². The summed E-state index contributed by atoms with van der Waals surface area (Å²) in [6, 6.07) is 28.0. The monoisotopic (exact) mass is 558 g/mol. The van der Waals surface area contributed by atoms with Crippen molar-refractivity contribution in [1.29, 1.82) is 0 Å². The van der Waals surface area contributed by atoms with Gasteiger partial charge in [0.1, 0.15) is 11.5 Å². The molecule has 0 spiro atoms. The number of fused-ring (bicyclic) bond motifs is 3. The van der Waals surface area contributed by atoms with Crippen molar-refractivity contribution < 1.29 is 38.1 Å². The average Bonchev–Trinajstić information content (AvgIpc) is 3.01. The summed E-state index contributed by atoms with van der Waals surface area (Å²) in [7, 11) is 0. The highest BCUT2D eigenvalue weighted by Gasteiger charge is 2.43. The lowest BCUT2D eigenvalue weighted by molar-refractivity contribution is 0.0979. The van der Waals surface area contributed by atoms with Crippen molar-refractivity contribution in [3.8, 4) is 11.5 Å². The van der Waals surface area contributed by atoms with Crippen LogP contribution in [-0.4, -0.2) is 23.9 Å². The Balaban J connectivity index is 1.52. The van der Waals surface area contributed by atoms with E-state index < -0.39 is 23.9 Å². The van der Waals surface area contributed by atoms with Crippen LogP contribution in [0.25, 0.3) is 11.5 Å². The highest BCUT2D eigenvalue weighted by molar-refractivity contribution is 6.34. The third-order valence-corrected chi connectivity index (χ3v) is 6.82. The van der Waals surface area contributed by atoms with Crippen LogP contribution in [0.15, 0.2) is 114 Å². The average molecular weight is 559 g/mol. The normalized spacial score (nSPS) is 13.5. The fourth-order valence-electron chi connectivity index (χ4n) is 4.87. The van der Waals surface area contributed by atoms with Crippen LogP contribution in [0.3, 0.4) is 0 Å². The number of benzene rings is 4. The van der Waals surface area contributed by atoms with E-state index in [1.54, 1.807) is 97.1 Å². The van der Waals surface area contributed by atoms with Crippen molar-refractivity contribution in [2.45, 2.75) is 13.3 Å². The molecule has 0 saturated heterocycles. The van der Waals surface area contributed by atoms with Gasteiger partial charge < -0.3 is 18.9 Å². The van der Waals surface area contributed by atoms with Crippen molar-refractivity contribution in [3.05, 3.63) is 142 Å². The van der Waals surface area contributed by atoms with Crippen LogP contribution in [0, 0.1) is 0 Å². The summed E-state index contributed by atoms with van der Waals surface area (Å²) in [6.07, 6.45) is -1.60. The summed E-state index contributed by atoms with van der Waals surface area (Å²) in [5, 5.41) is 0. The van der Waals surface area contributed by atoms with E-state index in [0.717, 1.165) is 5.56 Å². The van der Waals surface area contributed by atoms with Crippen LogP contribution in [0.2, 0.25) is 0 Å². The maximum absolute atomic E-state index is 14.0. The molecule has 8 nitrogen and oxygen atoms in total. The maximum atomic E-state index is 14.0. The highest BCUT2D eigenvalue weighted by Crippen LogP contribution is 2.45. The number of Topliss-reactive ketones (excluding diaryl/α,β-unsaturated/α-hetero) is 2. The second kappa shape index (κ2) is 11.0. The molecule has 2 aliphatic carbocycles. The Hall–Kier alpha value is -5.76. The second-order valence-electron chi connectivity index (χ2n) is 9.38. The number of allylic oxidation sites excluding steroid dienone is 2. The van der Waals surface area contributed by atoms with Gasteiger partial charge in [-0.25, -0.2) is 9.59 Å². The van der Waals surface area contributed by atoms with E-state index in [1.807, 2.05) is 6.92 Å². The molecule has 0 atom stereocenters. The zero-order chi connectivity index (χ0) is 29.2. The van der Waals surface area contributed by atoms with Crippen molar-refractivity contribution in [1.82, 2.24) is 0 Å². The Morgan fingerprint density at radius 3 is 1.50 bits per heavy atom. The Kier molecular flexibility index (Phi) is 6.94. The molecule has 0 heterocycles. The fourth-order valence-corrected chi connectivity index (χ4v) is 4.87. The van der Waals surface area contributed by atoms with Crippen molar-refractivity contribution in [2.75, 3.05) is 0 Å². The predicted octanol–water partition coefficient (Wildman–Crippen LogP) is 7.20. The number of para-hydroxylation sites is 2. The molecule has 0 aliphatic heterocycles.